The van der Waals surface area contributed by atoms with E-state index in [1.807, 2.05) is 6.07 Å². The lowest BCUT2D eigenvalue weighted by Crippen LogP contribution is -2.44. The van der Waals surface area contributed by atoms with E-state index in [2.05, 4.69) is 26.0 Å². The molecule has 3 aromatic rings. The second-order valence-corrected chi connectivity index (χ2v) is 10.8. The Hall–Kier alpha value is -2.93. The van der Waals surface area contributed by atoms with Crippen molar-refractivity contribution in [2.75, 3.05) is 24.6 Å². The van der Waals surface area contributed by atoms with Crippen LogP contribution in [0, 0.1) is 17.2 Å². The van der Waals surface area contributed by atoms with Gasteiger partial charge >= 0.3 is 0 Å². The third-order valence-electron chi connectivity index (χ3n) is 6.20. The molecule has 1 amide bonds. The minimum absolute atomic E-state index is 0. The molecule has 32 heavy (non-hydrogen) atoms. The minimum atomic E-state index is -2.99. The lowest BCUT2D eigenvalue weighted by Gasteiger charge is -2.26. The molecule has 172 valence electrons. The van der Waals surface area contributed by atoms with Crippen LogP contribution in [0.5, 0.6) is 0 Å². The highest BCUT2D eigenvalue weighted by Crippen LogP contribution is 2.25. The van der Waals surface area contributed by atoms with Crippen molar-refractivity contribution < 1.29 is 14.6 Å². The number of aromatic nitrogens is 4. The number of H-pyrrole nitrogens is 2. The second-order valence-electron chi connectivity index (χ2n) is 8.52. The van der Waals surface area contributed by atoms with Crippen molar-refractivity contribution in [3.8, 4) is 6.07 Å². The Bertz CT molecular complexity index is 1230. The van der Waals surface area contributed by atoms with Crippen LogP contribution in [0.15, 0.2) is 18.5 Å². The highest BCUT2D eigenvalue weighted by atomic mass is 32.2. The average Bonchev–Trinajstić information content (AvgIpc) is 3.41. The zero-order valence-electron chi connectivity index (χ0n) is 18.0. The molecule has 4 heterocycles. The number of nitriles is 1. The molecule has 1 aliphatic heterocycles. The fourth-order valence-corrected chi connectivity index (χ4v) is 5.55. The summed E-state index contributed by atoms with van der Waals surface area (Å²) in [7, 11) is -2.99. The third kappa shape index (κ3) is 5.27. The van der Waals surface area contributed by atoms with Gasteiger partial charge in [-0.25, -0.2) is 18.4 Å². The molecule has 0 atom stereocenters. The quantitative estimate of drug-likeness (QED) is 0.619. The number of pyridine rings is 1. The van der Waals surface area contributed by atoms with Gasteiger partial charge in [0, 0.05) is 32.5 Å². The fraction of sp³-hybridized carbons (Fsp3) is 0.545. The number of hydrogen-bond donors (Lipinski definition) is 2. The highest BCUT2D eigenvalue weighted by molar-refractivity contribution is 7.91. The summed E-state index contributed by atoms with van der Waals surface area (Å²) in [6.45, 7) is 0.510. The first-order valence-electron chi connectivity index (χ1n) is 11.1. The summed E-state index contributed by atoms with van der Waals surface area (Å²) in [5, 5.41) is 9.27. The standard InChI is InChI=1S/C14H15N5O3S.C8H13N.H2/c20-12(19-3-5-23(21,22)6-4-19)7-11-17-10-8-16-14-9(1-2-15-14)13(10)18-11;9-7-6-8-4-2-1-3-5-8;/h1-2,8H,3-7H2,(H,15,16)(H,17,18);8H,1-6H2;1H. The molecule has 0 spiro atoms. The van der Waals surface area contributed by atoms with Crippen LogP contribution in [0.4, 0.5) is 0 Å². The van der Waals surface area contributed by atoms with Gasteiger partial charge in [-0.15, -0.1) is 0 Å². The molecule has 10 heteroatoms. The summed E-state index contributed by atoms with van der Waals surface area (Å²) in [5.41, 5.74) is 2.31. The van der Waals surface area contributed by atoms with Gasteiger partial charge in [0.2, 0.25) is 5.91 Å². The Morgan fingerprint density at radius 3 is 2.72 bits per heavy atom. The van der Waals surface area contributed by atoms with Gasteiger partial charge in [0.05, 0.1) is 35.7 Å². The van der Waals surface area contributed by atoms with Gasteiger partial charge in [-0.1, -0.05) is 19.3 Å². The number of carbonyl (C=O) groups is 1. The van der Waals surface area contributed by atoms with Gasteiger partial charge in [0.15, 0.2) is 9.84 Å². The molecule has 0 aromatic carbocycles. The molecule has 3 aromatic heterocycles. The summed E-state index contributed by atoms with van der Waals surface area (Å²) < 4.78 is 22.9. The summed E-state index contributed by atoms with van der Waals surface area (Å²) in [5.74, 6) is 1.26. The Morgan fingerprint density at radius 1 is 1.25 bits per heavy atom. The van der Waals surface area contributed by atoms with Crippen LogP contribution in [-0.4, -0.2) is 63.8 Å². The molecule has 5 rings (SSSR count). The zero-order chi connectivity index (χ0) is 22.6. The van der Waals surface area contributed by atoms with Gasteiger partial charge in [0.1, 0.15) is 17.0 Å². The number of aromatic amines is 2. The molecular weight excluding hydrogens is 428 g/mol. The fourth-order valence-electron chi connectivity index (χ4n) is 4.35. The number of sulfone groups is 1. The SMILES string of the molecule is N#CCC1CCCCC1.O=C(Cc1nc2c(cnc3[nH]ccc32)[nH]1)N1CCS(=O)(=O)CC1.[HH]. The van der Waals surface area contributed by atoms with Crippen LogP contribution in [0.2, 0.25) is 0 Å². The first-order valence-corrected chi connectivity index (χ1v) is 12.9. The zero-order valence-corrected chi connectivity index (χ0v) is 18.8. The van der Waals surface area contributed by atoms with E-state index in [1.165, 1.54) is 32.1 Å². The van der Waals surface area contributed by atoms with Gasteiger partial charge in [-0.05, 0) is 24.8 Å². The summed E-state index contributed by atoms with van der Waals surface area (Å²) in [4.78, 5) is 28.8. The van der Waals surface area contributed by atoms with E-state index in [4.69, 9.17) is 5.26 Å². The van der Waals surface area contributed by atoms with Gasteiger partial charge in [-0.3, -0.25) is 4.79 Å². The molecule has 0 radical (unpaired) electrons. The maximum Gasteiger partial charge on any atom is 0.230 e. The molecule has 1 saturated carbocycles. The van der Waals surface area contributed by atoms with E-state index >= 15 is 0 Å². The monoisotopic (exact) mass is 458 g/mol. The van der Waals surface area contributed by atoms with Crippen LogP contribution >= 0.6 is 0 Å². The normalized spacial score (nSPS) is 18.8. The van der Waals surface area contributed by atoms with Gasteiger partial charge in [0.25, 0.3) is 0 Å². The van der Waals surface area contributed by atoms with E-state index in [-0.39, 0.29) is 38.3 Å². The molecule has 9 nitrogen and oxygen atoms in total. The number of fused-ring (bicyclic) bond motifs is 3. The number of hydrogen-bond acceptors (Lipinski definition) is 6. The number of nitrogens with one attached hydrogen (secondary N) is 2. The van der Waals surface area contributed by atoms with Crippen LogP contribution in [0.25, 0.3) is 22.1 Å². The highest BCUT2D eigenvalue weighted by Gasteiger charge is 2.25. The number of carbonyl (C=O) groups excluding carboxylic acids is 1. The van der Waals surface area contributed by atoms with Crippen LogP contribution < -0.4 is 0 Å². The maximum absolute atomic E-state index is 12.3. The third-order valence-corrected chi connectivity index (χ3v) is 7.81. The van der Waals surface area contributed by atoms with Crippen molar-refractivity contribution in [1.82, 2.24) is 24.8 Å². The number of imidazole rings is 1. The molecule has 2 aliphatic rings. The van der Waals surface area contributed by atoms with Crippen molar-refractivity contribution in [1.29, 1.82) is 5.26 Å². The molecular formula is C22H30N6O3S. The largest absolute Gasteiger partial charge is 0.346 e. The van der Waals surface area contributed by atoms with Crippen LogP contribution in [0.3, 0.4) is 0 Å². The van der Waals surface area contributed by atoms with E-state index < -0.39 is 9.84 Å². The van der Waals surface area contributed by atoms with Crippen molar-refractivity contribution >= 4 is 37.8 Å². The van der Waals surface area contributed by atoms with Crippen molar-refractivity contribution in [2.45, 2.75) is 44.9 Å². The average molecular weight is 459 g/mol. The van der Waals surface area contributed by atoms with Crippen LogP contribution in [0.1, 0.15) is 45.8 Å². The number of rotatable bonds is 3. The Kier molecular flexibility index (Phi) is 6.74. The Morgan fingerprint density at radius 2 is 2.00 bits per heavy atom. The Labute approximate surface area is 188 Å². The predicted molar refractivity (Wildman–Crippen MR) is 124 cm³/mol. The first-order chi connectivity index (χ1) is 15.4. The van der Waals surface area contributed by atoms with Crippen molar-refractivity contribution in [2.24, 2.45) is 5.92 Å². The lowest BCUT2D eigenvalue weighted by molar-refractivity contribution is -0.130. The van der Waals surface area contributed by atoms with E-state index in [9.17, 15) is 13.2 Å². The summed E-state index contributed by atoms with van der Waals surface area (Å²) >= 11 is 0. The van der Waals surface area contributed by atoms with E-state index in [0.29, 0.717) is 5.82 Å². The number of amides is 1. The van der Waals surface area contributed by atoms with Crippen LogP contribution in [-0.2, 0) is 21.1 Å². The van der Waals surface area contributed by atoms with Gasteiger partial charge < -0.3 is 14.9 Å². The second kappa shape index (κ2) is 9.69. The predicted octanol–water partition coefficient (Wildman–Crippen LogP) is 2.97. The molecule has 1 aliphatic carbocycles. The lowest BCUT2D eigenvalue weighted by atomic mass is 9.87. The van der Waals surface area contributed by atoms with E-state index in [0.717, 1.165) is 34.4 Å². The minimum Gasteiger partial charge on any atom is -0.346 e. The smallest absolute Gasteiger partial charge is 0.230 e. The maximum atomic E-state index is 12.3. The van der Waals surface area contributed by atoms with E-state index in [1.54, 1.807) is 17.3 Å². The molecule has 2 N–H and O–H groups in total. The number of nitrogens with zero attached hydrogens (tertiary/aromatic N) is 4. The van der Waals surface area contributed by atoms with Crippen molar-refractivity contribution in [3.63, 3.8) is 0 Å². The first kappa shape index (κ1) is 22.3. The molecule has 0 unspecified atom stereocenters. The molecule has 2 fully saturated rings. The topological polar surface area (TPSA) is 136 Å². The molecule has 1 saturated heterocycles. The summed E-state index contributed by atoms with van der Waals surface area (Å²) in [6.07, 6.45) is 11.1. The van der Waals surface area contributed by atoms with Gasteiger partial charge in [-0.2, -0.15) is 5.26 Å². The molecule has 0 bridgehead atoms. The van der Waals surface area contributed by atoms with Crippen molar-refractivity contribution in [3.05, 3.63) is 24.3 Å². The summed E-state index contributed by atoms with van der Waals surface area (Å²) in [6, 6.07) is 4.13. The Balaban J connectivity index is 0.000000260.